The van der Waals surface area contributed by atoms with Crippen molar-refractivity contribution >= 4 is 30.7 Å². The van der Waals surface area contributed by atoms with Crippen molar-refractivity contribution in [2.75, 3.05) is 33.7 Å². The predicted octanol–water partition coefficient (Wildman–Crippen LogP) is 2.61. The molecule has 0 aromatic carbocycles. The van der Waals surface area contributed by atoms with E-state index in [2.05, 4.69) is 27.4 Å². The Morgan fingerprint density at radius 2 is 2.07 bits per heavy atom. The van der Waals surface area contributed by atoms with Gasteiger partial charge in [0.15, 0.2) is 5.76 Å². The maximum absolute atomic E-state index is 13.1. The monoisotopic (exact) mass is 441 g/mol. The second-order valence-electron chi connectivity index (χ2n) is 7.97. The van der Waals surface area contributed by atoms with Crippen LogP contribution in [0.2, 0.25) is 0 Å². The van der Waals surface area contributed by atoms with Gasteiger partial charge in [-0.1, -0.05) is 11.2 Å². The van der Waals surface area contributed by atoms with Crippen molar-refractivity contribution in [3.8, 4) is 11.4 Å². The number of likely N-dealkylation sites (tertiary alicyclic amines) is 1. The third kappa shape index (κ3) is 5.09. The maximum atomic E-state index is 13.1. The van der Waals surface area contributed by atoms with Crippen LogP contribution in [0.4, 0.5) is 0 Å². The van der Waals surface area contributed by atoms with E-state index in [1.54, 1.807) is 11.1 Å². The summed E-state index contributed by atoms with van der Waals surface area (Å²) in [5, 5.41) is 7.51. The Kier molecular flexibility index (Phi) is 8.05. The van der Waals surface area contributed by atoms with Crippen molar-refractivity contribution in [3.63, 3.8) is 0 Å². The number of hydrogen-bond acceptors (Lipinski definition) is 6. The summed E-state index contributed by atoms with van der Waals surface area (Å²) in [7, 11) is 3.91. The van der Waals surface area contributed by atoms with Crippen LogP contribution in [0.3, 0.4) is 0 Å². The first-order chi connectivity index (χ1) is 13.1. The number of piperidine rings is 1. The number of aromatic nitrogens is 2. The predicted molar refractivity (Wildman–Crippen MR) is 116 cm³/mol. The molecule has 1 spiro atoms. The third-order valence-electron chi connectivity index (χ3n) is 5.95. The first-order valence-corrected chi connectivity index (χ1v) is 9.59. The SMILES string of the molecule is CN(Cc1cc(-c2ccccn2)no1)C(=O)C1CC2(CCNCC2)CN1C.Cl.Cl. The molecule has 0 saturated carbocycles. The van der Waals surface area contributed by atoms with Crippen molar-refractivity contribution in [2.24, 2.45) is 5.41 Å². The summed E-state index contributed by atoms with van der Waals surface area (Å²) >= 11 is 0. The lowest BCUT2D eigenvalue weighted by atomic mass is 9.77. The molecule has 7 nitrogen and oxygen atoms in total. The van der Waals surface area contributed by atoms with Crippen LogP contribution in [-0.4, -0.2) is 65.6 Å². The standard InChI is InChI=1S/C20H27N5O2.2ClH/c1-24(13-15-11-17(23-27-15)16-5-3-4-8-22-16)19(26)18-12-20(14-25(18)2)6-9-21-10-7-20;;/h3-5,8,11,18,21H,6-7,9-10,12-14H2,1-2H3;2*1H. The Morgan fingerprint density at radius 3 is 2.76 bits per heavy atom. The first kappa shape index (κ1) is 23.6. The largest absolute Gasteiger partial charge is 0.359 e. The quantitative estimate of drug-likeness (QED) is 0.785. The minimum atomic E-state index is -0.0497. The topological polar surface area (TPSA) is 74.5 Å². The zero-order valence-electron chi connectivity index (χ0n) is 16.8. The number of carbonyl (C=O) groups is 1. The molecule has 0 bridgehead atoms. The number of carbonyl (C=O) groups excluding carboxylic acids is 1. The van der Waals surface area contributed by atoms with E-state index in [9.17, 15) is 4.79 Å². The van der Waals surface area contributed by atoms with E-state index in [1.165, 1.54) is 0 Å². The Morgan fingerprint density at radius 1 is 1.31 bits per heavy atom. The van der Waals surface area contributed by atoms with E-state index >= 15 is 0 Å². The van der Waals surface area contributed by atoms with Crippen molar-refractivity contribution in [1.29, 1.82) is 0 Å². The minimum Gasteiger partial charge on any atom is -0.359 e. The molecule has 29 heavy (non-hydrogen) atoms. The van der Waals surface area contributed by atoms with Crippen molar-refractivity contribution in [1.82, 2.24) is 25.3 Å². The van der Waals surface area contributed by atoms with Gasteiger partial charge in [0.1, 0.15) is 5.69 Å². The molecule has 1 unspecified atom stereocenters. The molecule has 2 fully saturated rings. The van der Waals surface area contributed by atoms with Crippen molar-refractivity contribution in [3.05, 3.63) is 36.2 Å². The number of hydrogen-bond donors (Lipinski definition) is 1. The maximum Gasteiger partial charge on any atom is 0.240 e. The normalized spacial score (nSPS) is 20.7. The van der Waals surface area contributed by atoms with Crippen LogP contribution in [-0.2, 0) is 11.3 Å². The minimum absolute atomic E-state index is 0. The van der Waals surface area contributed by atoms with Crippen LogP contribution >= 0.6 is 24.8 Å². The average Bonchev–Trinajstić information content (AvgIpc) is 3.27. The van der Waals surface area contributed by atoms with Gasteiger partial charge < -0.3 is 14.7 Å². The van der Waals surface area contributed by atoms with E-state index in [-0.39, 0.29) is 36.8 Å². The highest BCUT2D eigenvalue weighted by Crippen LogP contribution is 2.41. The molecular formula is C20H29Cl2N5O2. The summed E-state index contributed by atoms with van der Waals surface area (Å²) in [5.74, 6) is 0.826. The summed E-state index contributed by atoms with van der Waals surface area (Å²) in [5.41, 5.74) is 1.75. The number of amides is 1. The highest BCUT2D eigenvalue weighted by molar-refractivity contribution is 5.85. The van der Waals surface area contributed by atoms with Gasteiger partial charge in [-0.3, -0.25) is 14.7 Å². The summed E-state index contributed by atoms with van der Waals surface area (Å²) < 4.78 is 5.43. The molecule has 0 aliphatic carbocycles. The van der Waals surface area contributed by atoms with Crippen LogP contribution in [0.1, 0.15) is 25.0 Å². The van der Waals surface area contributed by atoms with Gasteiger partial charge in [0.25, 0.3) is 0 Å². The third-order valence-corrected chi connectivity index (χ3v) is 5.95. The molecule has 9 heteroatoms. The fourth-order valence-electron chi connectivity index (χ4n) is 4.45. The molecule has 2 aliphatic rings. The zero-order valence-corrected chi connectivity index (χ0v) is 18.5. The highest BCUT2D eigenvalue weighted by atomic mass is 35.5. The van der Waals surface area contributed by atoms with Gasteiger partial charge in [-0.05, 0) is 56.9 Å². The van der Waals surface area contributed by atoms with E-state index in [0.717, 1.165) is 44.6 Å². The summed E-state index contributed by atoms with van der Waals surface area (Å²) in [4.78, 5) is 21.3. The molecule has 2 saturated heterocycles. The van der Waals surface area contributed by atoms with Crippen molar-refractivity contribution < 1.29 is 9.32 Å². The van der Waals surface area contributed by atoms with E-state index in [0.29, 0.717) is 23.4 Å². The van der Waals surface area contributed by atoms with E-state index in [1.807, 2.05) is 31.3 Å². The molecule has 4 rings (SSSR count). The molecule has 2 aromatic rings. The van der Waals surface area contributed by atoms with E-state index in [4.69, 9.17) is 4.52 Å². The van der Waals surface area contributed by atoms with Crippen LogP contribution in [0, 0.1) is 5.41 Å². The highest BCUT2D eigenvalue weighted by Gasteiger charge is 2.46. The number of halogens is 2. The van der Waals surface area contributed by atoms with Gasteiger partial charge in [-0.25, -0.2) is 0 Å². The molecule has 160 valence electrons. The van der Waals surface area contributed by atoms with E-state index < -0.39 is 0 Å². The average molecular weight is 442 g/mol. The lowest BCUT2D eigenvalue weighted by Crippen LogP contribution is -2.42. The number of nitrogens with zero attached hydrogens (tertiary/aromatic N) is 4. The Balaban J connectivity index is 0.00000150. The fourth-order valence-corrected chi connectivity index (χ4v) is 4.45. The molecule has 1 amide bonds. The number of likely N-dealkylation sites (N-methyl/N-ethyl adjacent to an activating group) is 2. The summed E-state index contributed by atoms with van der Waals surface area (Å²) in [6.07, 6.45) is 4.98. The lowest BCUT2D eigenvalue weighted by Gasteiger charge is -2.33. The molecular weight excluding hydrogens is 413 g/mol. The number of pyridine rings is 1. The Labute approximate surface area is 184 Å². The first-order valence-electron chi connectivity index (χ1n) is 9.59. The Bertz CT molecular complexity index is 795. The zero-order chi connectivity index (χ0) is 18.9. The smallest absolute Gasteiger partial charge is 0.240 e. The van der Waals surface area contributed by atoms with Crippen LogP contribution in [0.5, 0.6) is 0 Å². The van der Waals surface area contributed by atoms with Gasteiger partial charge in [0.05, 0.1) is 18.3 Å². The fraction of sp³-hybridized carbons (Fsp3) is 0.550. The van der Waals surface area contributed by atoms with Crippen LogP contribution < -0.4 is 5.32 Å². The summed E-state index contributed by atoms with van der Waals surface area (Å²) in [6, 6.07) is 7.48. The second kappa shape index (κ2) is 9.89. The molecule has 4 heterocycles. The Hall–Kier alpha value is -1.67. The van der Waals surface area contributed by atoms with Crippen molar-refractivity contribution in [2.45, 2.75) is 31.8 Å². The second-order valence-corrected chi connectivity index (χ2v) is 7.97. The van der Waals surface area contributed by atoms with Gasteiger partial charge >= 0.3 is 0 Å². The molecule has 1 atom stereocenters. The van der Waals surface area contributed by atoms with Gasteiger partial charge in [0.2, 0.25) is 5.91 Å². The lowest BCUT2D eigenvalue weighted by molar-refractivity contribution is -0.135. The van der Waals surface area contributed by atoms with Gasteiger partial charge in [-0.15, -0.1) is 24.8 Å². The van der Waals surface area contributed by atoms with Gasteiger partial charge in [0, 0.05) is 25.9 Å². The number of rotatable bonds is 4. The molecule has 0 radical (unpaired) electrons. The van der Waals surface area contributed by atoms with Crippen LogP contribution in [0.15, 0.2) is 35.0 Å². The molecule has 2 aliphatic heterocycles. The summed E-state index contributed by atoms with van der Waals surface area (Å²) in [6.45, 7) is 3.53. The number of nitrogens with one attached hydrogen (secondary N) is 1. The molecule has 2 aromatic heterocycles. The van der Waals surface area contributed by atoms with Gasteiger partial charge in [-0.2, -0.15) is 0 Å². The van der Waals surface area contributed by atoms with Crippen LogP contribution in [0.25, 0.3) is 11.4 Å². The molecule has 1 N–H and O–H groups in total.